The molecule has 0 spiro atoms. The summed E-state index contributed by atoms with van der Waals surface area (Å²) >= 11 is 0. The first-order valence-corrected chi connectivity index (χ1v) is 8.26. The van der Waals surface area contributed by atoms with Crippen molar-refractivity contribution in [2.75, 3.05) is 11.8 Å². The maximum atomic E-state index is 12.6. The number of hydrogen-bond acceptors (Lipinski definition) is 6. The van der Waals surface area contributed by atoms with Gasteiger partial charge in [0, 0.05) is 0 Å². The zero-order valence-corrected chi connectivity index (χ0v) is 13.7. The molecule has 2 rings (SSSR count). The smallest absolute Gasteiger partial charge is 0.339 e. The largest absolute Gasteiger partial charge is 0.545 e. The number of carbonyl (C=O) groups is 2. The van der Waals surface area contributed by atoms with Gasteiger partial charge in [0.2, 0.25) is 0 Å². The van der Waals surface area contributed by atoms with E-state index in [1.807, 2.05) is 0 Å². The molecule has 24 heavy (non-hydrogen) atoms. The van der Waals surface area contributed by atoms with Crippen LogP contribution in [0.4, 0.5) is 5.69 Å². The summed E-state index contributed by atoms with van der Waals surface area (Å²) < 4.78 is 32.1. The van der Waals surface area contributed by atoms with E-state index in [-0.39, 0.29) is 21.7 Å². The molecule has 7 nitrogen and oxygen atoms in total. The van der Waals surface area contributed by atoms with Crippen LogP contribution in [0, 0.1) is 6.92 Å². The predicted octanol–water partition coefficient (Wildman–Crippen LogP) is 0.946. The van der Waals surface area contributed by atoms with E-state index in [4.69, 9.17) is 0 Å². The number of methoxy groups -OCH3 is 1. The monoisotopic (exact) mass is 348 g/mol. The molecule has 0 unspecified atom stereocenters. The van der Waals surface area contributed by atoms with E-state index in [1.165, 1.54) is 36.4 Å². The Kier molecular flexibility index (Phi) is 4.89. The van der Waals surface area contributed by atoms with Crippen molar-refractivity contribution in [1.82, 2.24) is 0 Å². The van der Waals surface area contributed by atoms with Gasteiger partial charge in [0.15, 0.2) is 0 Å². The highest BCUT2D eigenvalue weighted by Crippen LogP contribution is 2.23. The minimum absolute atomic E-state index is 0.0800. The molecular formula is C16H14NO6S-. The van der Waals surface area contributed by atoms with Crippen molar-refractivity contribution >= 4 is 27.6 Å². The van der Waals surface area contributed by atoms with Gasteiger partial charge in [0.25, 0.3) is 10.0 Å². The van der Waals surface area contributed by atoms with Crippen LogP contribution in [0.2, 0.25) is 0 Å². The van der Waals surface area contributed by atoms with Gasteiger partial charge in [-0.15, -0.1) is 0 Å². The molecule has 1 N–H and O–H groups in total. The second-order valence-corrected chi connectivity index (χ2v) is 6.56. The van der Waals surface area contributed by atoms with E-state index in [0.29, 0.717) is 5.56 Å². The number of esters is 1. The second-order valence-electron chi connectivity index (χ2n) is 4.91. The molecule has 2 aromatic carbocycles. The quantitative estimate of drug-likeness (QED) is 0.805. The van der Waals surface area contributed by atoms with Crippen LogP contribution in [0.3, 0.4) is 0 Å². The fourth-order valence-electron chi connectivity index (χ4n) is 2.04. The fourth-order valence-corrected chi connectivity index (χ4v) is 3.36. The number of carbonyl (C=O) groups excluding carboxylic acids is 2. The molecule has 126 valence electrons. The lowest BCUT2D eigenvalue weighted by Gasteiger charge is -2.14. The van der Waals surface area contributed by atoms with Crippen LogP contribution < -0.4 is 9.83 Å². The van der Waals surface area contributed by atoms with Gasteiger partial charge >= 0.3 is 5.97 Å². The molecule has 0 fully saturated rings. The van der Waals surface area contributed by atoms with E-state index in [2.05, 4.69) is 9.46 Å². The van der Waals surface area contributed by atoms with Crippen LogP contribution in [-0.4, -0.2) is 27.5 Å². The molecule has 0 bridgehead atoms. The number of anilines is 1. The standard InChI is InChI=1S/C16H15NO6S/c1-10-7-8-11(15(18)19)9-13(10)17-24(21,22)14-6-4-3-5-12(14)16(20)23-2/h3-9,17H,1-2H3,(H,18,19)/p-1. The number of carboxylic acids is 1. The first-order chi connectivity index (χ1) is 11.3. The van der Waals surface area contributed by atoms with Gasteiger partial charge in [0.05, 0.1) is 24.3 Å². The molecule has 8 heteroatoms. The molecule has 0 heterocycles. The van der Waals surface area contributed by atoms with Crippen molar-refractivity contribution in [3.8, 4) is 0 Å². The molecular weight excluding hydrogens is 334 g/mol. The van der Waals surface area contributed by atoms with Crippen LogP contribution in [0.5, 0.6) is 0 Å². The molecule has 0 atom stereocenters. The number of rotatable bonds is 5. The molecule has 0 saturated heterocycles. The first kappa shape index (κ1) is 17.5. The normalized spacial score (nSPS) is 10.9. The van der Waals surface area contributed by atoms with E-state index in [9.17, 15) is 23.1 Å². The third kappa shape index (κ3) is 3.54. The Balaban J connectivity index is 2.49. The van der Waals surface area contributed by atoms with Crippen LogP contribution in [0.25, 0.3) is 0 Å². The maximum Gasteiger partial charge on any atom is 0.339 e. The first-order valence-electron chi connectivity index (χ1n) is 6.78. The average Bonchev–Trinajstić information content (AvgIpc) is 2.55. The Labute approximate surface area is 138 Å². The van der Waals surface area contributed by atoms with Crippen molar-refractivity contribution in [3.05, 3.63) is 59.2 Å². The van der Waals surface area contributed by atoms with Gasteiger partial charge in [0.1, 0.15) is 4.90 Å². The van der Waals surface area contributed by atoms with Crippen molar-refractivity contribution in [3.63, 3.8) is 0 Å². The number of aryl methyl sites for hydroxylation is 1. The third-order valence-corrected chi connectivity index (χ3v) is 4.72. The van der Waals surface area contributed by atoms with Gasteiger partial charge < -0.3 is 14.6 Å². The molecule has 2 aromatic rings. The van der Waals surface area contributed by atoms with E-state index < -0.39 is 22.0 Å². The van der Waals surface area contributed by atoms with Gasteiger partial charge in [-0.1, -0.05) is 24.3 Å². The lowest BCUT2D eigenvalue weighted by molar-refractivity contribution is -0.255. The van der Waals surface area contributed by atoms with Crippen LogP contribution in [-0.2, 0) is 14.8 Å². The number of benzene rings is 2. The zero-order chi connectivity index (χ0) is 17.9. The summed E-state index contributed by atoms with van der Waals surface area (Å²) in [5.74, 6) is -2.22. The van der Waals surface area contributed by atoms with E-state index in [0.717, 1.165) is 13.2 Å². The number of carboxylic acid groups (broad SMARTS) is 1. The third-order valence-electron chi connectivity index (χ3n) is 3.30. The Hall–Kier alpha value is -2.87. The molecule has 0 amide bonds. The molecule has 0 aliphatic heterocycles. The predicted molar refractivity (Wildman–Crippen MR) is 84.1 cm³/mol. The molecule has 0 aliphatic carbocycles. The summed E-state index contributed by atoms with van der Waals surface area (Å²) in [6, 6.07) is 9.47. The van der Waals surface area contributed by atoms with E-state index in [1.54, 1.807) is 6.92 Å². The van der Waals surface area contributed by atoms with Crippen molar-refractivity contribution in [1.29, 1.82) is 0 Å². The summed E-state index contributed by atoms with van der Waals surface area (Å²) in [7, 11) is -2.98. The Bertz CT molecular complexity index is 905. The minimum Gasteiger partial charge on any atom is -0.545 e. The Morgan fingerprint density at radius 3 is 2.42 bits per heavy atom. The van der Waals surface area contributed by atoms with Gasteiger partial charge in [-0.2, -0.15) is 0 Å². The lowest BCUT2D eigenvalue weighted by Crippen LogP contribution is -2.23. The van der Waals surface area contributed by atoms with Crippen LogP contribution in [0.15, 0.2) is 47.4 Å². The highest BCUT2D eigenvalue weighted by Gasteiger charge is 2.23. The van der Waals surface area contributed by atoms with Crippen LogP contribution >= 0.6 is 0 Å². The zero-order valence-electron chi connectivity index (χ0n) is 12.9. The summed E-state index contributed by atoms with van der Waals surface area (Å²) in [5.41, 5.74) is 0.302. The second kappa shape index (κ2) is 6.71. The molecule has 0 aromatic heterocycles. The number of aromatic carboxylic acids is 1. The Morgan fingerprint density at radius 2 is 1.79 bits per heavy atom. The molecule has 0 radical (unpaired) electrons. The van der Waals surface area contributed by atoms with Gasteiger partial charge in [-0.25, -0.2) is 13.2 Å². The molecule has 0 saturated carbocycles. The van der Waals surface area contributed by atoms with E-state index >= 15 is 0 Å². The lowest BCUT2D eigenvalue weighted by atomic mass is 10.1. The SMILES string of the molecule is COC(=O)c1ccccc1S(=O)(=O)Nc1cc(C(=O)[O-])ccc1C. The van der Waals surface area contributed by atoms with Crippen molar-refractivity contribution in [2.24, 2.45) is 0 Å². The summed E-state index contributed by atoms with van der Waals surface area (Å²) in [4.78, 5) is 22.4. The highest BCUT2D eigenvalue weighted by molar-refractivity contribution is 7.92. The number of ether oxygens (including phenoxy) is 1. The molecule has 0 aliphatic rings. The Morgan fingerprint density at radius 1 is 1.12 bits per heavy atom. The summed E-state index contributed by atoms with van der Waals surface area (Å²) in [5, 5.41) is 10.9. The number of sulfonamides is 1. The van der Waals surface area contributed by atoms with Crippen LogP contribution in [0.1, 0.15) is 26.3 Å². The van der Waals surface area contributed by atoms with Crippen molar-refractivity contribution in [2.45, 2.75) is 11.8 Å². The summed E-state index contributed by atoms with van der Waals surface area (Å²) in [6.07, 6.45) is 0. The van der Waals surface area contributed by atoms with Crippen molar-refractivity contribution < 1.29 is 27.9 Å². The fraction of sp³-hybridized carbons (Fsp3) is 0.125. The minimum atomic E-state index is -4.13. The van der Waals surface area contributed by atoms with Gasteiger partial charge in [-0.3, -0.25) is 4.72 Å². The topological polar surface area (TPSA) is 113 Å². The maximum absolute atomic E-state index is 12.6. The number of hydrogen-bond donors (Lipinski definition) is 1. The number of nitrogens with one attached hydrogen (secondary N) is 1. The average molecular weight is 348 g/mol. The van der Waals surface area contributed by atoms with Gasteiger partial charge in [-0.05, 0) is 36.2 Å². The highest BCUT2D eigenvalue weighted by atomic mass is 32.2. The summed E-state index contributed by atoms with van der Waals surface area (Å²) in [6.45, 7) is 1.61.